The Balaban J connectivity index is 3.09. The summed E-state index contributed by atoms with van der Waals surface area (Å²) in [5.41, 5.74) is 0. The molecule has 0 aliphatic rings. The third-order valence-corrected chi connectivity index (χ3v) is 1.72. The molecular weight excluding hydrogens is 118 g/mol. The van der Waals surface area contributed by atoms with Crippen molar-refractivity contribution in [2.75, 3.05) is 25.2 Å². The van der Waals surface area contributed by atoms with Crippen LogP contribution in [0.2, 0.25) is 0 Å². The average Bonchev–Trinajstić information content (AvgIpc) is 1.91. The van der Waals surface area contributed by atoms with Crippen molar-refractivity contribution in [2.45, 2.75) is 13.8 Å². The highest BCUT2D eigenvalue weighted by Crippen LogP contribution is 1.96. The lowest BCUT2D eigenvalue weighted by Gasteiger charge is -2.15. The van der Waals surface area contributed by atoms with Crippen molar-refractivity contribution in [1.29, 1.82) is 0 Å². The molecule has 0 amide bonds. The Labute approximate surface area is 57.9 Å². The minimum absolute atomic E-state index is 0.483. The van der Waals surface area contributed by atoms with E-state index in [9.17, 15) is 0 Å². The molecule has 0 aromatic rings. The summed E-state index contributed by atoms with van der Waals surface area (Å²) in [6.45, 7) is 6.50. The third kappa shape index (κ3) is 3.33. The highest BCUT2D eigenvalue weighted by Gasteiger charge is 1.93. The minimum Gasteiger partial charge on any atom is -0.295 e. The first-order valence-electron chi connectivity index (χ1n) is 3.65. The van der Waals surface area contributed by atoms with Crippen LogP contribution in [0.3, 0.4) is 0 Å². The molecular formula is C6H15NS. The highest BCUT2D eigenvalue weighted by atomic mass is 32.2. The summed E-state index contributed by atoms with van der Waals surface area (Å²) in [5.74, 6) is 1.01. The van der Waals surface area contributed by atoms with Gasteiger partial charge in [-0.1, -0.05) is 13.8 Å². The van der Waals surface area contributed by atoms with Crippen molar-refractivity contribution in [1.82, 2.24) is 4.90 Å². The number of nitrogens with zero attached hydrogens (tertiary/aromatic N) is 1. The molecule has 0 saturated heterocycles. The van der Waals surface area contributed by atoms with E-state index in [1.165, 1.54) is 0 Å². The fraction of sp³-hybridized carbons (Fsp3) is 1.00. The van der Waals surface area contributed by atoms with Crippen LogP contribution in [0.15, 0.2) is 0 Å². The largest absolute Gasteiger partial charge is 0.295 e. The highest BCUT2D eigenvalue weighted by molar-refractivity contribution is 7.98. The molecule has 0 unspecified atom stereocenters. The summed E-state index contributed by atoms with van der Waals surface area (Å²) in [4.78, 5) is 2.30. The van der Waals surface area contributed by atoms with Gasteiger partial charge in [-0.15, -0.1) is 11.8 Å². The monoisotopic (exact) mass is 135 g/mol. The van der Waals surface area contributed by atoms with Gasteiger partial charge in [0.2, 0.25) is 0 Å². The van der Waals surface area contributed by atoms with Gasteiger partial charge in [0, 0.05) is 7.25 Å². The van der Waals surface area contributed by atoms with Crippen LogP contribution in [0.4, 0.5) is 0 Å². The van der Waals surface area contributed by atoms with E-state index >= 15 is 0 Å². The number of hydrogen-bond acceptors (Lipinski definition) is 2. The average molecular weight is 135 g/mol. The Hall–Kier alpha value is 0.310. The van der Waals surface area contributed by atoms with E-state index in [1.54, 1.807) is 11.8 Å². The van der Waals surface area contributed by atoms with Gasteiger partial charge in [0.1, 0.15) is 0 Å². The molecule has 0 rings (SSSR count). The van der Waals surface area contributed by atoms with Crippen LogP contribution in [0.25, 0.3) is 0 Å². The lowest BCUT2D eigenvalue weighted by molar-refractivity contribution is 0.359. The SMILES string of the molecule is [3H]CSCN(CC)CC. The predicted molar refractivity (Wildman–Crippen MR) is 41.3 cm³/mol. The van der Waals surface area contributed by atoms with Crippen LogP contribution in [-0.4, -0.2) is 30.1 Å². The molecule has 0 heterocycles. The van der Waals surface area contributed by atoms with Gasteiger partial charge in [0.15, 0.2) is 0 Å². The van der Waals surface area contributed by atoms with Crippen molar-refractivity contribution in [3.8, 4) is 0 Å². The smallest absolute Gasteiger partial charge is 0.0441 e. The van der Waals surface area contributed by atoms with E-state index in [0.29, 0.717) is 6.23 Å². The Kier molecular flexibility index (Phi) is 4.38. The maximum atomic E-state index is 6.88. The Morgan fingerprint density at radius 3 is 2.50 bits per heavy atom. The normalized spacial score (nSPS) is 12.1. The molecule has 0 saturated carbocycles. The lowest BCUT2D eigenvalue weighted by Crippen LogP contribution is -2.21. The van der Waals surface area contributed by atoms with Crippen LogP contribution >= 0.6 is 11.8 Å². The second-order valence-corrected chi connectivity index (χ2v) is 2.30. The van der Waals surface area contributed by atoms with Gasteiger partial charge in [-0.3, -0.25) is 4.90 Å². The molecule has 0 radical (unpaired) electrons. The van der Waals surface area contributed by atoms with Crippen LogP contribution in [0, 0.1) is 0 Å². The zero-order valence-electron chi connectivity index (χ0n) is 6.68. The fourth-order valence-corrected chi connectivity index (χ4v) is 1.16. The van der Waals surface area contributed by atoms with Gasteiger partial charge in [0.25, 0.3) is 0 Å². The molecule has 0 N–H and O–H groups in total. The first-order valence-corrected chi connectivity index (χ1v) is 4.09. The van der Waals surface area contributed by atoms with Crippen molar-refractivity contribution < 1.29 is 1.37 Å². The van der Waals surface area contributed by atoms with Gasteiger partial charge >= 0.3 is 0 Å². The van der Waals surface area contributed by atoms with Crippen molar-refractivity contribution in [2.24, 2.45) is 0 Å². The molecule has 50 valence electrons. The summed E-state index contributed by atoms with van der Waals surface area (Å²) in [6.07, 6.45) is 0.483. The summed E-state index contributed by atoms with van der Waals surface area (Å²) in [6, 6.07) is 0. The van der Waals surface area contributed by atoms with E-state index in [-0.39, 0.29) is 0 Å². The molecule has 0 spiro atoms. The fourth-order valence-electron chi connectivity index (χ4n) is 0.535. The van der Waals surface area contributed by atoms with Crippen molar-refractivity contribution >= 4 is 11.8 Å². The molecule has 0 aliphatic heterocycles. The quantitative estimate of drug-likeness (QED) is 0.539. The predicted octanol–water partition coefficient (Wildman–Crippen LogP) is 1.65. The first-order chi connectivity index (χ1) is 4.35. The summed E-state index contributed by atoms with van der Waals surface area (Å²) < 4.78 is 6.88. The van der Waals surface area contributed by atoms with E-state index < -0.39 is 0 Å². The molecule has 0 bridgehead atoms. The van der Waals surface area contributed by atoms with Crippen LogP contribution < -0.4 is 0 Å². The first kappa shape index (κ1) is 6.43. The second-order valence-electron chi connectivity index (χ2n) is 1.64. The Morgan fingerprint density at radius 1 is 1.50 bits per heavy atom. The van der Waals surface area contributed by atoms with Crippen LogP contribution in [-0.2, 0) is 0 Å². The second kappa shape index (κ2) is 5.45. The maximum Gasteiger partial charge on any atom is 0.0441 e. The van der Waals surface area contributed by atoms with Crippen molar-refractivity contribution in [3.05, 3.63) is 0 Å². The molecule has 0 atom stereocenters. The van der Waals surface area contributed by atoms with E-state index in [4.69, 9.17) is 1.37 Å². The minimum atomic E-state index is 0.483. The van der Waals surface area contributed by atoms with Crippen LogP contribution in [0.1, 0.15) is 15.2 Å². The van der Waals surface area contributed by atoms with Gasteiger partial charge in [-0.2, -0.15) is 0 Å². The zero-order chi connectivity index (χ0) is 7.11. The molecule has 2 heteroatoms. The summed E-state index contributed by atoms with van der Waals surface area (Å²) >= 11 is 1.66. The van der Waals surface area contributed by atoms with Gasteiger partial charge in [0.05, 0.1) is 0 Å². The van der Waals surface area contributed by atoms with E-state index in [2.05, 4.69) is 18.7 Å². The molecule has 1 nitrogen and oxygen atoms in total. The maximum absolute atomic E-state index is 6.88. The summed E-state index contributed by atoms with van der Waals surface area (Å²) in [5, 5.41) is 0. The van der Waals surface area contributed by atoms with Gasteiger partial charge in [-0.05, 0) is 19.3 Å². The number of hydrogen-bond donors (Lipinski definition) is 0. The molecule has 0 fully saturated rings. The Bertz CT molecular complexity index is 57.0. The molecule has 0 aromatic heterocycles. The Morgan fingerprint density at radius 2 is 2.12 bits per heavy atom. The number of thioether (sulfide) groups is 1. The van der Waals surface area contributed by atoms with Gasteiger partial charge in [-0.25, -0.2) is 0 Å². The van der Waals surface area contributed by atoms with E-state index in [1.807, 2.05) is 0 Å². The van der Waals surface area contributed by atoms with Crippen molar-refractivity contribution in [3.63, 3.8) is 0 Å². The van der Waals surface area contributed by atoms with Gasteiger partial charge < -0.3 is 0 Å². The zero-order valence-corrected chi connectivity index (χ0v) is 6.50. The number of rotatable bonds is 4. The molecule has 0 aliphatic carbocycles. The van der Waals surface area contributed by atoms with Crippen LogP contribution in [0.5, 0.6) is 0 Å². The topological polar surface area (TPSA) is 3.24 Å². The standard InChI is InChI=1S/C6H15NS/c1-4-7(5-2)6-8-3/h4-6H2,1-3H3/i3T. The third-order valence-electron chi connectivity index (χ3n) is 1.17. The molecule has 0 aromatic carbocycles. The molecule has 8 heavy (non-hydrogen) atoms. The lowest BCUT2D eigenvalue weighted by atomic mass is 10.6. The van der Waals surface area contributed by atoms with E-state index in [0.717, 1.165) is 19.0 Å². The summed E-state index contributed by atoms with van der Waals surface area (Å²) in [7, 11) is 0.